The first kappa shape index (κ1) is 4.76. The number of hydrogen-bond donors (Lipinski definition) is 1. The smallest absolute Gasteiger partial charge is 0.0431 e. The maximum absolute atomic E-state index is 7.84. The van der Waals surface area contributed by atoms with Crippen LogP contribution in [-0.2, 0) is 0 Å². The van der Waals surface area contributed by atoms with E-state index in [0.29, 0.717) is 11.3 Å². The van der Waals surface area contributed by atoms with Gasteiger partial charge in [-0.15, -0.1) is 0 Å². The van der Waals surface area contributed by atoms with Gasteiger partial charge in [0, 0.05) is 1.37 Å². The van der Waals surface area contributed by atoms with Gasteiger partial charge in [-0.3, -0.25) is 0 Å². The Morgan fingerprint density at radius 1 is 1.30 bits per heavy atom. The molecule has 1 saturated heterocycles. The van der Waals surface area contributed by atoms with E-state index in [9.17, 15) is 0 Å². The van der Waals surface area contributed by atoms with Crippen LogP contribution in [0, 0.1) is 17.3 Å². The highest BCUT2D eigenvalue weighted by molar-refractivity contribution is 5.10. The predicted molar refractivity (Wildman–Crippen MR) is 40.8 cm³/mol. The van der Waals surface area contributed by atoms with Crippen molar-refractivity contribution in [3.05, 3.63) is 0 Å². The summed E-state index contributed by atoms with van der Waals surface area (Å²) in [5.74, 6) is 1.65. The van der Waals surface area contributed by atoms with Gasteiger partial charge < -0.3 is 5.32 Å². The van der Waals surface area contributed by atoms with Gasteiger partial charge in [0.15, 0.2) is 0 Å². The molecule has 0 aromatic heterocycles. The van der Waals surface area contributed by atoms with Crippen LogP contribution < -0.4 is 5.32 Å². The van der Waals surface area contributed by atoms with Crippen molar-refractivity contribution in [2.24, 2.45) is 17.3 Å². The summed E-state index contributed by atoms with van der Waals surface area (Å²) in [5, 5.41) is 3.31. The van der Waals surface area contributed by atoms with Crippen molar-refractivity contribution in [3.8, 4) is 0 Å². The van der Waals surface area contributed by atoms with Gasteiger partial charge in [-0.2, -0.15) is 0 Å². The molecule has 1 heteroatoms. The van der Waals surface area contributed by atoms with E-state index in [2.05, 4.69) is 5.32 Å². The minimum absolute atomic E-state index is 0.0660. The monoisotopic (exact) mass is 138 g/mol. The lowest BCUT2D eigenvalue weighted by atomic mass is 9.83. The topological polar surface area (TPSA) is 12.0 Å². The fourth-order valence-electron chi connectivity index (χ4n) is 3.09. The van der Waals surface area contributed by atoms with Crippen LogP contribution in [0.2, 0.25) is 0 Å². The van der Waals surface area contributed by atoms with Crippen molar-refractivity contribution < 1.29 is 1.37 Å². The molecule has 1 aliphatic heterocycles. The van der Waals surface area contributed by atoms with Gasteiger partial charge in [0.2, 0.25) is 0 Å². The third kappa shape index (κ3) is 0.493. The Labute approximate surface area is 63.6 Å². The zero-order valence-electron chi connectivity index (χ0n) is 7.27. The summed E-state index contributed by atoms with van der Waals surface area (Å²) in [6.45, 7) is 1.20. The quantitative estimate of drug-likeness (QED) is 0.533. The average Bonchev–Trinajstić information content (AvgIpc) is 2.64. The fraction of sp³-hybridized carbons (Fsp3) is 1.00. The van der Waals surface area contributed by atoms with Gasteiger partial charge in [0.25, 0.3) is 0 Å². The molecule has 10 heavy (non-hydrogen) atoms. The van der Waals surface area contributed by atoms with Crippen LogP contribution in [0.1, 0.15) is 27.1 Å². The van der Waals surface area contributed by atoms with Crippen LogP contribution in [0.3, 0.4) is 0 Å². The highest BCUT2D eigenvalue weighted by atomic mass is 14.9. The summed E-state index contributed by atoms with van der Waals surface area (Å²) in [6, 6.07) is 0. The molecule has 2 bridgehead atoms. The van der Waals surface area contributed by atoms with Gasteiger partial charge in [-0.1, -0.05) is 0 Å². The molecule has 0 aromatic rings. The lowest BCUT2D eigenvalue weighted by Crippen LogP contribution is -2.39. The molecular formula is C9H15N. The molecule has 3 aliphatic rings. The predicted octanol–water partition coefficient (Wildman–Crippen LogP) is 1.40. The summed E-state index contributed by atoms with van der Waals surface area (Å²) >= 11 is 0. The maximum Gasteiger partial charge on any atom is 0.0431 e. The second kappa shape index (κ2) is 1.58. The van der Waals surface area contributed by atoms with E-state index in [1.807, 2.05) is 0 Å². The second-order valence-corrected chi connectivity index (χ2v) is 4.19. The minimum Gasteiger partial charge on any atom is -0.316 e. The molecule has 3 fully saturated rings. The SMILES string of the molecule is [2H]C1NC[C@H]2CC[C@@H]1C21CC1. The summed E-state index contributed by atoms with van der Waals surface area (Å²) in [6.07, 6.45) is 5.58. The molecule has 2 saturated carbocycles. The molecule has 56 valence electrons. The molecular weight excluding hydrogens is 122 g/mol. The molecule has 3 rings (SSSR count). The van der Waals surface area contributed by atoms with E-state index in [0.717, 1.165) is 12.5 Å². The van der Waals surface area contributed by atoms with Crippen LogP contribution in [0.4, 0.5) is 0 Å². The molecule has 0 aromatic carbocycles. The third-order valence-corrected chi connectivity index (χ3v) is 3.89. The van der Waals surface area contributed by atoms with E-state index < -0.39 is 0 Å². The van der Waals surface area contributed by atoms with Gasteiger partial charge >= 0.3 is 0 Å². The molecule has 1 nitrogen and oxygen atoms in total. The van der Waals surface area contributed by atoms with E-state index in [1.165, 1.54) is 25.7 Å². The molecule has 1 spiro atoms. The first-order chi connectivity index (χ1) is 5.33. The Morgan fingerprint density at radius 2 is 2.10 bits per heavy atom. The van der Waals surface area contributed by atoms with E-state index >= 15 is 0 Å². The fourth-order valence-corrected chi connectivity index (χ4v) is 3.09. The van der Waals surface area contributed by atoms with Gasteiger partial charge in [-0.25, -0.2) is 0 Å². The standard InChI is InChI=1S/C9H15N/c1-2-8-6-10-5-7(1)9(8)3-4-9/h7-8,10H,1-6H2/t7-,8+/i5D/t5?,7-,8+/m0/s1. The third-order valence-electron chi connectivity index (χ3n) is 3.89. The Bertz CT molecular complexity index is 188. The van der Waals surface area contributed by atoms with Crippen LogP contribution in [0.5, 0.6) is 0 Å². The molecule has 3 atom stereocenters. The zero-order chi connectivity index (χ0) is 7.47. The normalized spacial score (nSPS) is 56.8. The van der Waals surface area contributed by atoms with Crippen molar-refractivity contribution >= 4 is 0 Å². The molecule has 0 radical (unpaired) electrons. The van der Waals surface area contributed by atoms with Gasteiger partial charge in [0.05, 0.1) is 0 Å². The molecule has 1 unspecified atom stereocenters. The maximum atomic E-state index is 7.84. The molecule has 1 heterocycles. The minimum atomic E-state index is 0.0660. The highest BCUT2D eigenvalue weighted by Crippen LogP contribution is 2.65. The van der Waals surface area contributed by atoms with E-state index in [4.69, 9.17) is 1.37 Å². The van der Waals surface area contributed by atoms with Crippen molar-refractivity contribution in [1.82, 2.24) is 5.32 Å². The summed E-state index contributed by atoms with van der Waals surface area (Å²) in [4.78, 5) is 0. The summed E-state index contributed by atoms with van der Waals surface area (Å²) in [5.41, 5.74) is 0.678. The Balaban J connectivity index is 1.95. The first-order valence-electron chi connectivity index (χ1n) is 5.06. The number of piperidine rings is 1. The van der Waals surface area contributed by atoms with Gasteiger partial charge in [-0.05, 0) is 56.0 Å². The average molecular weight is 138 g/mol. The number of rotatable bonds is 0. The largest absolute Gasteiger partial charge is 0.316 e. The summed E-state index contributed by atoms with van der Waals surface area (Å²) < 4.78 is 7.84. The lowest BCUT2D eigenvalue weighted by molar-refractivity contribution is 0.221. The van der Waals surface area contributed by atoms with Crippen molar-refractivity contribution in [1.29, 1.82) is 0 Å². The summed E-state index contributed by atoms with van der Waals surface area (Å²) in [7, 11) is 0. The lowest BCUT2D eigenvalue weighted by Gasteiger charge is -2.30. The van der Waals surface area contributed by atoms with E-state index in [-0.39, 0.29) is 6.52 Å². The zero-order valence-corrected chi connectivity index (χ0v) is 6.27. The highest BCUT2D eigenvalue weighted by Gasteiger charge is 2.58. The Morgan fingerprint density at radius 3 is 2.80 bits per heavy atom. The molecule has 0 amide bonds. The first-order valence-corrected chi connectivity index (χ1v) is 4.48. The number of nitrogens with one attached hydrogen (secondary N) is 1. The van der Waals surface area contributed by atoms with Crippen molar-refractivity contribution in [2.75, 3.05) is 13.1 Å². The van der Waals surface area contributed by atoms with Crippen LogP contribution in [0.25, 0.3) is 0 Å². The van der Waals surface area contributed by atoms with Crippen molar-refractivity contribution in [2.45, 2.75) is 25.7 Å². The van der Waals surface area contributed by atoms with Crippen molar-refractivity contribution in [3.63, 3.8) is 0 Å². The number of hydrogen-bond acceptors (Lipinski definition) is 1. The van der Waals surface area contributed by atoms with Crippen LogP contribution in [0.15, 0.2) is 0 Å². The Kier molecular flexibility index (Phi) is 0.752. The van der Waals surface area contributed by atoms with Crippen LogP contribution in [-0.4, -0.2) is 13.1 Å². The van der Waals surface area contributed by atoms with Gasteiger partial charge in [0.1, 0.15) is 0 Å². The molecule has 1 N–H and O–H groups in total. The second-order valence-electron chi connectivity index (χ2n) is 4.19. The Hall–Kier alpha value is -0.0400. The van der Waals surface area contributed by atoms with Crippen LogP contribution >= 0.6 is 0 Å². The van der Waals surface area contributed by atoms with E-state index in [1.54, 1.807) is 0 Å². The molecule has 2 aliphatic carbocycles.